The fraction of sp³-hybridized carbons (Fsp3) is 0. The molecule has 0 aliphatic rings. The number of nitrogens with one attached hydrogen (secondary N) is 1. The average molecular weight is 308 g/mol. The zero-order valence-corrected chi connectivity index (χ0v) is 12.0. The third-order valence-electron chi connectivity index (χ3n) is 3.42. The first-order valence-corrected chi connectivity index (χ1v) is 6.95. The summed E-state index contributed by atoms with van der Waals surface area (Å²) in [5.41, 5.74) is 2.65. The van der Waals surface area contributed by atoms with Crippen molar-refractivity contribution in [1.29, 1.82) is 0 Å². The summed E-state index contributed by atoms with van der Waals surface area (Å²) in [6, 6.07) is 16.5. The zero-order chi connectivity index (χ0) is 16.2. The normalized spacial score (nSPS) is 11.0. The molecule has 3 aromatic rings. The van der Waals surface area contributed by atoms with E-state index in [1.54, 1.807) is 36.4 Å². The molecule has 0 fully saturated rings. The first-order valence-electron chi connectivity index (χ1n) is 6.95. The van der Waals surface area contributed by atoms with Gasteiger partial charge in [0, 0.05) is 10.9 Å². The van der Waals surface area contributed by atoms with E-state index in [4.69, 9.17) is 0 Å². The Bertz CT molecular complexity index is 906. The lowest BCUT2D eigenvalue weighted by Crippen LogP contribution is -2.17. The average Bonchev–Trinajstić information content (AvgIpc) is 2.57. The molecule has 0 heterocycles. The van der Waals surface area contributed by atoms with Gasteiger partial charge in [0.05, 0.1) is 11.8 Å². The molecule has 0 atom stereocenters. The Morgan fingerprint density at radius 2 is 1.78 bits per heavy atom. The Labute approximate surface area is 131 Å². The van der Waals surface area contributed by atoms with E-state index in [-0.39, 0.29) is 16.9 Å². The van der Waals surface area contributed by atoms with E-state index in [1.807, 2.05) is 12.1 Å². The van der Waals surface area contributed by atoms with Crippen molar-refractivity contribution >= 4 is 22.9 Å². The number of benzene rings is 3. The summed E-state index contributed by atoms with van der Waals surface area (Å²) in [6.45, 7) is 0. The van der Waals surface area contributed by atoms with Crippen molar-refractivity contribution in [2.45, 2.75) is 0 Å². The van der Waals surface area contributed by atoms with Crippen molar-refractivity contribution < 1.29 is 14.3 Å². The zero-order valence-electron chi connectivity index (χ0n) is 12.0. The van der Waals surface area contributed by atoms with Crippen LogP contribution in [0.3, 0.4) is 0 Å². The van der Waals surface area contributed by atoms with Crippen LogP contribution in [0.4, 0.5) is 4.39 Å². The van der Waals surface area contributed by atoms with Gasteiger partial charge in [-0.3, -0.25) is 4.79 Å². The lowest BCUT2D eigenvalue weighted by atomic mass is 10.1. The molecule has 0 aromatic heterocycles. The number of hydrazone groups is 1. The van der Waals surface area contributed by atoms with Gasteiger partial charge < -0.3 is 5.11 Å². The van der Waals surface area contributed by atoms with Gasteiger partial charge in [-0.1, -0.05) is 48.5 Å². The number of hydrogen-bond acceptors (Lipinski definition) is 3. The molecule has 1 amide bonds. The molecule has 5 heteroatoms. The second-order valence-corrected chi connectivity index (χ2v) is 4.90. The highest BCUT2D eigenvalue weighted by Crippen LogP contribution is 2.28. The second kappa shape index (κ2) is 6.27. The number of phenols is 1. The van der Waals surface area contributed by atoms with Crippen LogP contribution in [0.5, 0.6) is 5.75 Å². The molecule has 0 spiro atoms. The van der Waals surface area contributed by atoms with Crippen LogP contribution in [-0.4, -0.2) is 17.2 Å². The molecule has 3 rings (SSSR count). The number of phenolic OH excluding ortho intramolecular Hbond substituents is 1. The van der Waals surface area contributed by atoms with Crippen LogP contribution in [0.15, 0.2) is 65.8 Å². The van der Waals surface area contributed by atoms with Crippen LogP contribution in [0.2, 0.25) is 0 Å². The number of carbonyl (C=O) groups excluding carboxylic acids is 1. The summed E-state index contributed by atoms with van der Waals surface area (Å²) in [7, 11) is 0. The van der Waals surface area contributed by atoms with E-state index < -0.39 is 11.7 Å². The van der Waals surface area contributed by atoms with Crippen LogP contribution >= 0.6 is 0 Å². The van der Waals surface area contributed by atoms with Crippen LogP contribution < -0.4 is 5.43 Å². The van der Waals surface area contributed by atoms with Crippen LogP contribution in [-0.2, 0) is 0 Å². The van der Waals surface area contributed by atoms with Crippen molar-refractivity contribution in [2.24, 2.45) is 5.10 Å². The monoisotopic (exact) mass is 308 g/mol. The Morgan fingerprint density at radius 1 is 1.04 bits per heavy atom. The number of carbonyl (C=O) groups is 1. The Hall–Kier alpha value is -3.21. The smallest absolute Gasteiger partial charge is 0.275 e. The maximum absolute atomic E-state index is 13.4. The lowest BCUT2D eigenvalue weighted by molar-refractivity contribution is 0.0952. The van der Waals surface area contributed by atoms with Crippen molar-refractivity contribution in [3.63, 3.8) is 0 Å². The highest BCUT2D eigenvalue weighted by atomic mass is 19.1. The number of halogens is 1. The molecule has 0 unspecified atom stereocenters. The molecule has 0 aliphatic carbocycles. The molecule has 0 bridgehead atoms. The molecule has 23 heavy (non-hydrogen) atoms. The number of hydrogen-bond donors (Lipinski definition) is 2. The largest absolute Gasteiger partial charge is 0.506 e. The molecule has 3 aromatic carbocycles. The highest BCUT2D eigenvalue weighted by Gasteiger charge is 2.12. The lowest BCUT2D eigenvalue weighted by Gasteiger charge is -2.06. The summed E-state index contributed by atoms with van der Waals surface area (Å²) in [5, 5.41) is 15.3. The molecular weight excluding hydrogens is 295 g/mol. The summed E-state index contributed by atoms with van der Waals surface area (Å²) in [6.07, 6.45) is 1.21. The molecule has 2 N–H and O–H groups in total. The Morgan fingerprint density at radius 3 is 2.61 bits per heavy atom. The van der Waals surface area contributed by atoms with Crippen LogP contribution in [0, 0.1) is 5.82 Å². The maximum Gasteiger partial charge on any atom is 0.275 e. The van der Waals surface area contributed by atoms with Crippen molar-refractivity contribution in [1.82, 2.24) is 5.43 Å². The fourth-order valence-corrected chi connectivity index (χ4v) is 2.24. The van der Waals surface area contributed by atoms with Gasteiger partial charge in [-0.25, -0.2) is 9.82 Å². The van der Waals surface area contributed by atoms with E-state index in [0.717, 1.165) is 5.39 Å². The quantitative estimate of drug-likeness (QED) is 0.575. The Balaban J connectivity index is 1.81. The van der Waals surface area contributed by atoms with Gasteiger partial charge in [0.1, 0.15) is 11.6 Å². The number of aromatic hydroxyl groups is 1. The molecule has 4 nitrogen and oxygen atoms in total. The van der Waals surface area contributed by atoms with Gasteiger partial charge in [0.25, 0.3) is 5.91 Å². The highest BCUT2D eigenvalue weighted by molar-refractivity contribution is 6.03. The number of amides is 1. The van der Waals surface area contributed by atoms with Gasteiger partial charge in [-0.15, -0.1) is 0 Å². The number of fused-ring (bicyclic) bond motifs is 1. The van der Waals surface area contributed by atoms with E-state index in [0.29, 0.717) is 5.39 Å². The molecule has 0 radical (unpaired) electrons. The SMILES string of the molecule is O=C(N/N=C/c1ccccc1F)c1ccc2ccccc2c1O. The van der Waals surface area contributed by atoms with Gasteiger partial charge in [-0.2, -0.15) is 5.10 Å². The standard InChI is InChI=1S/C18H13FN2O2/c19-16-8-4-2-6-13(16)11-20-21-18(23)15-10-9-12-5-1-3-7-14(12)17(15)22/h1-11,22H,(H,21,23)/b20-11+. The molecule has 0 saturated carbocycles. The summed E-state index contributed by atoms with van der Waals surface area (Å²) in [4.78, 5) is 12.1. The second-order valence-electron chi connectivity index (χ2n) is 4.90. The molecular formula is C18H13FN2O2. The van der Waals surface area contributed by atoms with Gasteiger partial charge in [-0.05, 0) is 17.5 Å². The van der Waals surface area contributed by atoms with Gasteiger partial charge in [0.2, 0.25) is 0 Å². The fourth-order valence-electron chi connectivity index (χ4n) is 2.24. The van der Waals surface area contributed by atoms with E-state index in [1.165, 1.54) is 18.3 Å². The van der Waals surface area contributed by atoms with Crippen molar-refractivity contribution in [2.75, 3.05) is 0 Å². The maximum atomic E-state index is 13.4. The van der Waals surface area contributed by atoms with Gasteiger partial charge >= 0.3 is 0 Å². The predicted molar refractivity (Wildman–Crippen MR) is 87.1 cm³/mol. The van der Waals surface area contributed by atoms with Crippen molar-refractivity contribution in [3.8, 4) is 5.75 Å². The molecule has 0 aliphatic heterocycles. The summed E-state index contributed by atoms with van der Waals surface area (Å²) < 4.78 is 13.4. The third kappa shape index (κ3) is 3.03. The first kappa shape index (κ1) is 14.7. The van der Waals surface area contributed by atoms with Gasteiger partial charge in [0.15, 0.2) is 0 Å². The Kier molecular flexibility index (Phi) is 4.01. The summed E-state index contributed by atoms with van der Waals surface area (Å²) >= 11 is 0. The van der Waals surface area contributed by atoms with Crippen LogP contribution in [0.25, 0.3) is 10.8 Å². The first-order chi connectivity index (χ1) is 11.2. The topological polar surface area (TPSA) is 61.7 Å². The van der Waals surface area contributed by atoms with Crippen molar-refractivity contribution in [3.05, 3.63) is 77.6 Å². The van der Waals surface area contributed by atoms with E-state index in [2.05, 4.69) is 10.5 Å². The summed E-state index contributed by atoms with van der Waals surface area (Å²) in [5.74, 6) is -1.11. The minimum Gasteiger partial charge on any atom is -0.506 e. The number of nitrogens with zero attached hydrogens (tertiary/aromatic N) is 1. The van der Waals surface area contributed by atoms with E-state index in [9.17, 15) is 14.3 Å². The molecule has 114 valence electrons. The minimum absolute atomic E-state index is 0.106. The number of rotatable bonds is 3. The molecule has 0 saturated heterocycles. The van der Waals surface area contributed by atoms with E-state index >= 15 is 0 Å². The predicted octanol–water partition coefficient (Wildman–Crippen LogP) is 3.45. The minimum atomic E-state index is -0.569. The van der Waals surface area contributed by atoms with Crippen LogP contribution in [0.1, 0.15) is 15.9 Å². The third-order valence-corrected chi connectivity index (χ3v) is 3.42.